The Bertz CT molecular complexity index is 959. The first-order valence-corrected chi connectivity index (χ1v) is 9.53. The standard InChI is InChI=1S/C23H24N2O4/c1-3-28-22(26)13-12-17-8-4-6-10-20(17)29-16-18-14-15-24-23(25-18)19-9-5-7-11-21(19)27-2/h4-11,14-15H,3,12-13,16H2,1-2H3. The highest BCUT2D eigenvalue weighted by molar-refractivity contribution is 5.69. The minimum absolute atomic E-state index is 0.209. The maximum Gasteiger partial charge on any atom is 0.306 e. The van der Waals surface area contributed by atoms with E-state index in [1.165, 1.54) is 0 Å². The van der Waals surface area contributed by atoms with Crippen molar-refractivity contribution in [3.05, 3.63) is 72.1 Å². The number of methoxy groups -OCH3 is 1. The van der Waals surface area contributed by atoms with E-state index in [9.17, 15) is 4.79 Å². The van der Waals surface area contributed by atoms with Crippen molar-refractivity contribution in [1.29, 1.82) is 0 Å². The molecule has 3 aromatic rings. The molecule has 0 unspecified atom stereocenters. The van der Waals surface area contributed by atoms with Crippen molar-refractivity contribution in [2.75, 3.05) is 13.7 Å². The van der Waals surface area contributed by atoms with Gasteiger partial charge in [-0.05, 0) is 43.2 Å². The number of hydrogen-bond acceptors (Lipinski definition) is 6. The van der Waals surface area contributed by atoms with Gasteiger partial charge < -0.3 is 14.2 Å². The predicted molar refractivity (Wildman–Crippen MR) is 110 cm³/mol. The highest BCUT2D eigenvalue weighted by Crippen LogP contribution is 2.27. The zero-order chi connectivity index (χ0) is 20.5. The molecule has 0 aliphatic rings. The van der Waals surface area contributed by atoms with E-state index in [4.69, 9.17) is 14.2 Å². The Balaban J connectivity index is 1.70. The maximum atomic E-state index is 11.6. The first kappa shape index (κ1) is 20.3. The van der Waals surface area contributed by atoms with Gasteiger partial charge in [0.1, 0.15) is 18.1 Å². The quantitative estimate of drug-likeness (QED) is 0.508. The van der Waals surface area contributed by atoms with Crippen LogP contribution in [0.2, 0.25) is 0 Å². The normalized spacial score (nSPS) is 10.4. The molecule has 0 amide bonds. The van der Waals surface area contributed by atoms with Gasteiger partial charge >= 0.3 is 5.97 Å². The van der Waals surface area contributed by atoms with Gasteiger partial charge in [-0.1, -0.05) is 30.3 Å². The lowest BCUT2D eigenvalue weighted by Gasteiger charge is -2.12. The Kier molecular flexibility index (Phi) is 7.16. The zero-order valence-electron chi connectivity index (χ0n) is 16.6. The summed E-state index contributed by atoms with van der Waals surface area (Å²) in [6.45, 7) is 2.48. The largest absolute Gasteiger partial charge is 0.496 e. The van der Waals surface area contributed by atoms with Crippen molar-refractivity contribution in [2.45, 2.75) is 26.4 Å². The maximum absolute atomic E-state index is 11.6. The minimum atomic E-state index is -0.209. The molecule has 1 aromatic heterocycles. The first-order chi connectivity index (χ1) is 14.2. The van der Waals surface area contributed by atoms with Gasteiger partial charge in [0.2, 0.25) is 0 Å². The number of benzene rings is 2. The zero-order valence-corrected chi connectivity index (χ0v) is 16.6. The Morgan fingerprint density at radius 2 is 1.76 bits per heavy atom. The summed E-state index contributed by atoms with van der Waals surface area (Å²) >= 11 is 0. The number of ether oxygens (including phenoxy) is 3. The molecular formula is C23H24N2O4. The minimum Gasteiger partial charge on any atom is -0.496 e. The second-order valence-electron chi connectivity index (χ2n) is 6.27. The molecule has 0 N–H and O–H groups in total. The number of para-hydroxylation sites is 2. The molecule has 0 saturated carbocycles. The van der Waals surface area contributed by atoms with E-state index in [1.54, 1.807) is 20.2 Å². The van der Waals surface area contributed by atoms with Gasteiger partial charge in [-0.3, -0.25) is 4.79 Å². The monoisotopic (exact) mass is 392 g/mol. The van der Waals surface area contributed by atoms with Crippen molar-refractivity contribution in [1.82, 2.24) is 9.97 Å². The second kappa shape index (κ2) is 10.2. The molecule has 1 heterocycles. The van der Waals surface area contributed by atoms with Gasteiger partial charge in [0.15, 0.2) is 5.82 Å². The fourth-order valence-electron chi connectivity index (χ4n) is 2.91. The van der Waals surface area contributed by atoms with Gasteiger partial charge in [0.25, 0.3) is 0 Å². The van der Waals surface area contributed by atoms with E-state index < -0.39 is 0 Å². The number of aromatic nitrogens is 2. The van der Waals surface area contributed by atoms with Gasteiger partial charge in [0.05, 0.1) is 25.0 Å². The van der Waals surface area contributed by atoms with Gasteiger partial charge in [-0.25, -0.2) is 9.97 Å². The lowest BCUT2D eigenvalue weighted by atomic mass is 10.1. The molecule has 0 aliphatic carbocycles. The summed E-state index contributed by atoms with van der Waals surface area (Å²) in [6, 6.07) is 17.1. The van der Waals surface area contributed by atoms with E-state index in [2.05, 4.69) is 9.97 Å². The van der Waals surface area contributed by atoms with E-state index in [1.807, 2.05) is 54.6 Å². The van der Waals surface area contributed by atoms with Crippen LogP contribution in [0.4, 0.5) is 0 Å². The molecule has 6 heteroatoms. The average molecular weight is 392 g/mol. The van der Waals surface area contributed by atoms with Crippen LogP contribution >= 0.6 is 0 Å². The van der Waals surface area contributed by atoms with E-state index in [0.717, 1.165) is 28.3 Å². The third-order valence-electron chi connectivity index (χ3n) is 4.31. The molecule has 0 fully saturated rings. The van der Waals surface area contributed by atoms with Crippen molar-refractivity contribution in [3.63, 3.8) is 0 Å². The highest BCUT2D eigenvalue weighted by Gasteiger charge is 2.11. The molecule has 150 valence electrons. The molecule has 29 heavy (non-hydrogen) atoms. The molecule has 0 bridgehead atoms. The van der Waals surface area contributed by atoms with Crippen LogP contribution in [0.5, 0.6) is 11.5 Å². The average Bonchev–Trinajstić information content (AvgIpc) is 2.77. The van der Waals surface area contributed by atoms with Crippen molar-refractivity contribution in [3.8, 4) is 22.9 Å². The van der Waals surface area contributed by atoms with Gasteiger partial charge in [-0.15, -0.1) is 0 Å². The topological polar surface area (TPSA) is 70.5 Å². The van der Waals surface area contributed by atoms with Crippen LogP contribution in [0, 0.1) is 0 Å². The molecule has 0 saturated heterocycles. The number of nitrogens with zero attached hydrogens (tertiary/aromatic N) is 2. The summed E-state index contributed by atoms with van der Waals surface area (Å²) in [5.74, 6) is 1.82. The molecule has 6 nitrogen and oxygen atoms in total. The number of aryl methyl sites for hydroxylation is 1. The van der Waals surface area contributed by atoms with Crippen molar-refractivity contribution in [2.24, 2.45) is 0 Å². The lowest BCUT2D eigenvalue weighted by molar-refractivity contribution is -0.143. The van der Waals surface area contributed by atoms with E-state index >= 15 is 0 Å². The predicted octanol–water partition coefficient (Wildman–Crippen LogP) is 4.23. The summed E-state index contributed by atoms with van der Waals surface area (Å²) in [5, 5.41) is 0. The Hall–Kier alpha value is -3.41. The fourth-order valence-corrected chi connectivity index (χ4v) is 2.91. The van der Waals surface area contributed by atoms with Crippen LogP contribution in [-0.2, 0) is 22.6 Å². The lowest BCUT2D eigenvalue weighted by Crippen LogP contribution is -2.07. The fraction of sp³-hybridized carbons (Fsp3) is 0.261. The first-order valence-electron chi connectivity index (χ1n) is 9.53. The van der Waals surface area contributed by atoms with Crippen LogP contribution in [0.25, 0.3) is 11.4 Å². The van der Waals surface area contributed by atoms with Crippen LogP contribution < -0.4 is 9.47 Å². The molecule has 0 aliphatic heterocycles. The molecule has 0 spiro atoms. The molecule has 3 rings (SSSR count). The number of esters is 1. The number of rotatable bonds is 9. The smallest absolute Gasteiger partial charge is 0.306 e. The summed E-state index contributed by atoms with van der Waals surface area (Å²) in [4.78, 5) is 20.6. The van der Waals surface area contributed by atoms with Crippen LogP contribution in [0.15, 0.2) is 60.8 Å². The number of carbonyl (C=O) groups excluding carboxylic acids is 1. The molecule has 0 atom stereocenters. The SMILES string of the molecule is CCOC(=O)CCc1ccccc1OCc1ccnc(-c2ccccc2OC)n1. The third kappa shape index (κ3) is 5.54. The van der Waals surface area contributed by atoms with Crippen LogP contribution in [0.1, 0.15) is 24.6 Å². The van der Waals surface area contributed by atoms with Crippen LogP contribution in [-0.4, -0.2) is 29.7 Å². The van der Waals surface area contributed by atoms with E-state index in [0.29, 0.717) is 31.9 Å². The molecule has 2 aromatic carbocycles. The second-order valence-corrected chi connectivity index (χ2v) is 6.27. The Labute approximate surface area is 170 Å². The van der Waals surface area contributed by atoms with Gasteiger partial charge in [0, 0.05) is 12.6 Å². The number of hydrogen-bond donors (Lipinski definition) is 0. The highest BCUT2D eigenvalue weighted by atomic mass is 16.5. The van der Waals surface area contributed by atoms with Crippen LogP contribution in [0.3, 0.4) is 0 Å². The Morgan fingerprint density at radius 3 is 2.55 bits per heavy atom. The summed E-state index contributed by atoms with van der Waals surface area (Å²) in [7, 11) is 1.62. The number of carbonyl (C=O) groups is 1. The van der Waals surface area contributed by atoms with E-state index in [-0.39, 0.29) is 5.97 Å². The van der Waals surface area contributed by atoms with Crippen molar-refractivity contribution < 1.29 is 19.0 Å². The molecule has 0 radical (unpaired) electrons. The van der Waals surface area contributed by atoms with Crippen molar-refractivity contribution >= 4 is 5.97 Å². The van der Waals surface area contributed by atoms with Gasteiger partial charge in [-0.2, -0.15) is 0 Å². The summed E-state index contributed by atoms with van der Waals surface area (Å²) in [6.07, 6.45) is 2.59. The molecular weight excluding hydrogens is 368 g/mol. The summed E-state index contributed by atoms with van der Waals surface area (Å²) in [5.41, 5.74) is 2.53. The Morgan fingerprint density at radius 1 is 1.00 bits per heavy atom. The third-order valence-corrected chi connectivity index (χ3v) is 4.31. The summed E-state index contributed by atoms with van der Waals surface area (Å²) < 4.78 is 16.4.